The van der Waals surface area contributed by atoms with E-state index in [1.165, 1.54) is 11.1 Å². The molecule has 0 radical (unpaired) electrons. The smallest absolute Gasteiger partial charge is 0.191 e. The predicted molar refractivity (Wildman–Crippen MR) is 115 cm³/mol. The van der Waals surface area contributed by atoms with Gasteiger partial charge in [0.05, 0.1) is 18.3 Å². The van der Waals surface area contributed by atoms with Crippen molar-refractivity contribution in [1.29, 1.82) is 0 Å². The Morgan fingerprint density at radius 2 is 2.14 bits per heavy atom. The fourth-order valence-electron chi connectivity index (χ4n) is 3.45. The van der Waals surface area contributed by atoms with Crippen molar-refractivity contribution in [3.8, 4) is 10.6 Å². The Balaban J connectivity index is 1.48. The van der Waals surface area contributed by atoms with Crippen LogP contribution >= 0.6 is 23.1 Å². The second kappa shape index (κ2) is 8.76. The van der Waals surface area contributed by atoms with E-state index in [4.69, 9.17) is 9.72 Å². The summed E-state index contributed by atoms with van der Waals surface area (Å²) in [6, 6.07) is 8.40. The molecule has 7 heteroatoms. The van der Waals surface area contributed by atoms with Crippen LogP contribution in [0.25, 0.3) is 10.6 Å². The SMILES string of the molecule is Cc1ccccc1-c1nc(CSc2nnc(C(C)C)n2CC2CCCO2)cs1. The summed E-state index contributed by atoms with van der Waals surface area (Å²) < 4.78 is 8.10. The lowest BCUT2D eigenvalue weighted by atomic mass is 10.1. The number of hydrogen-bond acceptors (Lipinski definition) is 6. The molecule has 1 fully saturated rings. The van der Waals surface area contributed by atoms with Crippen LogP contribution in [0.4, 0.5) is 0 Å². The number of hydrogen-bond donors (Lipinski definition) is 0. The van der Waals surface area contributed by atoms with Gasteiger partial charge < -0.3 is 9.30 Å². The largest absolute Gasteiger partial charge is 0.376 e. The van der Waals surface area contributed by atoms with Crippen LogP contribution in [0.5, 0.6) is 0 Å². The quantitative estimate of drug-likeness (QED) is 0.491. The highest BCUT2D eigenvalue weighted by atomic mass is 32.2. The Hall–Kier alpha value is -1.70. The average Bonchev–Trinajstić information content (AvgIpc) is 3.42. The molecule has 1 saturated heterocycles. The van der Waals surface area contributed by atoms with Crippen molar-refractivity contribution >= 4 is 23.1 Å². The molecule has 5 nitrogen and oxygen atoms in total. The van der Waals surface area contributed by atoms with Crippen molar-refractivity contribution in [2.45, 2.75) is 63.1 Å². The molecule has 1 aliphatic rings. The Bertz CT molecular complexity index is 928. The molecule has 0 aliphatic carbocycles. The molecule has 1 atom stereocenters. The fraction of sp³-hybridized carbons (Fsp3) is 0.476. The van der Waals surface area contributed by atoms with Crippen LogP contribution in [0.3, 0.4) is 0 Å². The minimum atomic E-state index is 0.278. The van der Waals surface area contributed by atoms with Crippen LogP contribution in [0, 0.1) is 6.92 Å². The Morgan fingerprint density at radius 3 is 2.89 bits per heavy atom. The van der Waals surface area contributed by atoms with Gasteiger partial charge in [-0.05, 0) is 25.3 Å². The molecular weight excluding hydrogens is 388 g/mol. The molecule has 0 saturated carbocycles. The Kier molecular flexibility index (Phi) is 6.13. The maximum absolute atomic E-state index is 5.85. The van der Waals surface area contributed by atoms with E-state index in [2.05, 4.69) is 65.2 Å². The number of aryl methyl sites for hydroxylation is 1. The molecule has 1 unspecified atom stereocenters. The number of thioether (sulfide) groups is 1. The number of thiazole rings is 1. The van der Waals surface area contributed by atoms with Gasteiger partial charge in [-0.15, -0.1) is 21.5 Å². The molecule has 0 amide bonds. The molecule has 0 N–H and O–H groups in total. The number of rotatable bonds is 7. The van der Waals surface area contributed by atoms with Crippen molar-refractivity contribution in [3.63, 3.8) is 0 Å². The van der Waals surface area contributed by atoms with E-state index >= 15 is 0 Å². The third kappa shape index (κ3) is 4.31. The zero-order valence-electron chi connectivity index (χ0n) is 16.6. The molecule has 0 spiro atoms. The van der Waals surface area contributed by atoms with Crippen LogP contribution < -0.4 is 0 Å². The summed E-state index contributed by atoms with van der Waals surface area (Å²) in [5.41, 5.74) is 3.56. The van der Waals surface area contributed by atoms with Crippen molar-refractivity contribution < 1.29 is 4.74 Å². The van der Waals surface area contributed by atoms with Gasteiger partial charge in [0.15, 0.2) is 5.16 Å². The number of aromatic nitrogens is 4. The van der Waals surface area contributed by atoms with E-state index < -0.39 is 0 Å². The van der Waals surface area contributed by atoms with E-state index in [9.17, 15) is 0 Å². The number of nitrogens with zero attached hydrogens (tertiary/aromatic N) is 4. The highest BCUT2D eigenvalue weighted by molar-refractivity contribution is 7.98. The van der Waals surface area contributed by atoms with E-state index in [0.29, 0.717) is 5.92 Å². The van der Waals surface area contributed by atoms with Crippen LogP contribution in [-0.4, -0.2) is 32.5 Å². The number of ether oxygens (including phenoxy) is 1. The molecule has 148 valence electrons. The summed E-state index contributed by atoms with van der Waals surface area (Å²) in [6.45, 7) is 8.17. The first-order chi connectivity index (χ1) is 13.6. The summed E-state index contributed by atoms with van der Waals surface area (Å²) in [5, 5.41) is 13.1. The summed E-state index contributed by atoms with van der Waals surface area (Å²) in [7, 11) is 0. The average molecular weight is 415 g/mol. The standard InChI is InChI=1S/C21H26N4OS2/c1-14(2)19-23-24-21(25(19)11-17-8-6-10-26-17)28-13-16-12-27-20(22-16)18-9-5-4-7-15(18)3/h4-5,7,9,12,14,17H,6,8,10-11,13H2,1-3H3. The normalized spacial score (nSPS) is 16.9. The van der Waals surface area contributed by atoms with Gasteiger partial charge in [0.2, 0.25) is 0 Å². The van der Waals surface area contributed by atoms with E-state index in [-0.39, 0.29) is 6.10 Å². The van der Waals surface area contributed by atoms with Gasteiger partial charge in [0.25, 0.3) is 0 Å². The third-order valence-corrected chi connectivity index (χ3v) is 6.87. The van der Waals surface area contributed by atoms with Gasteiger partial charge in [0, 0.05) is 29.2 Å². The predicted octanol–water partition coefficient (Wildman–Crippen LogP) is 5.30. The molecular formula is C21H26N4OS2. The van der Waals surface area contributed by atoms with Crippen molar-refractivity contribution in [3.05, 3.63) is 46.7 Å². The lowest BCUT2D eigenvalue weighted by Crippen LogP contribution is -2.18. The van der Waals surface area contributed by atoms with Gasteiger partial charge in [0.1, 0.15) is 10.8 Å². The van der Waals surface area contributed by atoms with Gasteiger partial charge in [-0.1, -0.05) is 49.9 Å². The zero-order valence-corrected chi connectivity index (χ0v) is 18.2. The van der Waals surface area contributed by atoms with Crippen LogP contribution in [0.15, 0.2) is 34.8 Å². The molecule has 2 aromatic heterocycles. The third-order valence-electron chi connectivity index (χ3n) is 4.95. The van der Waals surface area contributed by atoms with Crippen LogP contribution in [-0.2, 0) is 17.0 Å². The Morgan fingerprint density at radius 1 is 1.29 bits per heavy atom. The molecule has 3 heterocycles. The lowest BCUT2D eigenvalue weighted by Gasteiger charge is -2.15. The van der Waals surface area contributed by atoms with E-state index in [0.717, 1.165) is 53.4 Å². The van der Waals surface area contributed by atoms with Crippen LogP contribution in [0.1, 0.15) is 49.7 Å². The fourth-order valence-corrected chi connectivity index (χ4v) is 5.31. The van der Waals surface area contributed by atoms with Gasteiger partial charge in [-0.3, -0.25) is 0 Å². The van der Waals surface area contributed by atoms with Crippen molar-refractivity contribution in [1.82, 2.24) is 19.7 Å². The first-order valence-corrected chi connectivity index (χ1v) is 11.7. The number of benzene rings is 1. The summed E-state index contributed by atoms with van der Waals surface area (Å²) >= 11 is 3.42. The van der Waals surface area contributed by atoms with E-state index in [1.54, 1.807) is 23.1 Å². The maximum atomic E-state index is 5.85. The summed E-state index contributed by atoms with van der Waals surface area (Å²) in [6.07, 6.45) is 2.54. The first kappa shape index (κ1) is 19.6. The highest BCUT2D eigenvalue weighted by Crippen LogP contribution is 2.30. The zero-order chi connectivity index (χ0) is 19.5. The molecule has 1 aromatic carbocycles. The molecule has 4 rings (SSSR count). The molecule has 1 aliphatic heterocycles. The Labute approximate surface area is 174 Å². The van der Waals surface area contributed by atoms with E-state index in [1.807, 2.05) is 0 Å². The first-order valence-electron chi connectivity index (χ1n) is 9.79. The topological polar surface area (TPSA) is 52.8 Å². The minimum absolute atomic E-state index is 0.278. The molecule has 0 bridgehead atoms. The second-order valence-corrected chi connectivity index (χ2v) is 9.29. The lowest BCUT2D eigenvalue weighted by molar-refractivity contribution is 0.0940. The van der Waals surface area contributed by atoms with Gasteiger partial charge in [-0.25, -0.2) is 4.98 Å². The summed E-state index contributed by atoms with van der Waals surface area (Å²) in [5.74, 6) is 2.18. The van der Waals surface area contributed by atoms with Crippen molar-refractivity contribution in [2.75, 3.05) is 6.61 Å². The minimum Gasteiger partial charge on any atom is -0.376 e. The molecule has 28 heavy (non-hydrogen) atoms. The van der Waals surface area contributed by atoms with Gasteiger partial charge in [-0.2, -0.15) is 0 Å². The van der Waals surface area contributed by atoms with Gasteiger partial charge >= 0.3 is 0 Å². The van der Waals surface area contributed by atoms with Crippen LogP contribution in [0.2, 0.25) is 0 Å². The monoisotopic (exact) mass is 414 g/mol. The van der Waals surface area contributed by atoms with Crippen molar-refractivity contribution in [2.24, 2.45) is 0 Å². The highest BCUT2D eigenvalue weighted by Gasteiger charge is 2.22. The summed E-state index contributed by atoms with van der Waals surface area (Å²) in [4.78, 5) is 4.85. The molecule has 3 aromatic rings. The second-order valence-electron chi connectivity index (χ2n) is 7.49. The maximum Gasteiger partial charge on any atom is 0.191 e.